The topological polar surface area (TPSA) is 87.7 Å². The van der Waals surface area contributed by atoms with Crippen LogP contribution in [0.5, 0.6) is 0 Å². The van der Waals surface area contributed by atoms with Crippen LogP contribution in [0.15, 0.2) is 64.8 Å². The monoisotopic (exact) mass is 450 g/mol. The lowest BCUT2D eigenvalue weighted by atomic mass is 10.1. The van der Waals surface area contributed by atoms with Gasteiger partial charge in [-0.1, -0.05) is 23.7 Å². The Labute approximate surface area is 188 Å². The smallest absolute Gasteiger partial charge is 0.251 e. The molecule has 0 fully saturated rings. The van der Waals surface area contributed by atoms with Crippen LogP contribution in [-0.2, 0) is 17.6 Å². The average molecular weight is 451 g/mol. The van der Waals surface area contributed by atoms with Gasteiger partial charge in [0.2, 0.25) is 5.91 Å². The Balaban J connectivity index is 1.37. The SMILES string of the molecule is Cc1cc(=O)[nH]c(-c2ccc(NC(=O)Cc3csc(Cc4cccc(Cl)c4)n3)cc2)n1. The fourth-order valence-electron chi connectivity index (χ4n) is 3.13. The molecule has 31 heavy (non-hydrogen) atoms. The molecule has 0 aliphatic heterocycles. The van der Waals surface area contributed by atoms with Crippen LogP contribution < -0.4 is 10.9 Å². The zero-order chi connectivity index (χ0) is 21.8. The number of carbonyl (C=O) groups is 1. The number of amides is 1. The predicted octanol–water partition coefficient (Wildman–Crippen LogP) is 4.63. The van der Waals surface area contributed by atoms with E-state index in [0.717, 1.165) is 21.8 Å². The van der Waals surface area contributed by atoms with E-state index in [0.29, 0.717) is 28.6 Å². The molecule has 2 heterocycles. The summed E-state index contributed by atoms with van der Waals surface area (Å²) in [5.41, 5.74) is 3.70. The van der Waals surface area contributed by atoms with E-state index < -0.39 is 0 Å². The summed E-state index contributed by atoms with van der Waals surface area (Å²) < 4.78 is 0. The van der Waals surface area contributed by atoms with E-state index in [9.17, 15) is 9.59 Å². The number of anilines is 1. The molecule has 2 aromatic heterocycles. The maximum absolute atomic E-state index is 12.4. The van der Waals surface area contributed by atoms with Gasteiger partial charge in [0.15, 0.2) is 0 Å². The molecule has 156 valence electrons. The fraction of sp³-hybridized carbons (Fsp3) is 0.130. The van der Waals surface area contributed by atoms with Crippen molar-refractivity contribution >= 4 is 34.5 Å². The second-order valence-corrected chi connectivity index (χ2v) is 8.46. The molecule has 0 spiro atoms. The molecule has 2 N–H and O–H groups in total. The van der Waals surface area contributed by atoms with Crippen molar-refractivity contribution in [2.45, 2.75) is 19.8 Å². The standard InChI is InChI=1S/C23H19ClN4O2S/c1-14-9-20(29)28-23(25-14)16-5-7-18(8-6-16)26-21(30)12-19-13-31-22(27-19)11-15-3-2-4-17(24)10-15/h2-10,13H,11-12H2,1H3,(H,26,30)(H,25,28,29). The summed E-state index contributed by atoms with van der Waals surface area (Å²) in [7, 11) is 0. The fourth-order valence-corrected chi connectivity index (χ4v) is 4.17. The first-order valence-electron chi connectivity index (χ1n) is 9.60. The number of nitrogens with zero attached hydrogens (tertiary/aromatic N) is 2. The Morgan fingerprint density at radius 1 is 1.13 bits per heavy atom. The van der Waals surface area contributed by atoms with Crippen molar-refractivity contribution in [1.29, 1.82) is 0 Å². The molecular weight excluding hydrogens is 432 g/mol. The Hall–Kier alpha value is -3.29. The summed E-state index contributed by atoms with van der Waals surface area (Å²) >= 11 is 7.56. The lowest BCUT2D eigenvalue weighted by Crippen LogP contribution is -2.14. The molecule has 0 aliphatic carbocycles. The Morgan fingerprint density at radius 2 is 1.94 bits per heavy atom. The highest BCUT2D eigenvalue weighted by Gasteiger charge is 2.10. The quantitative estimate of drug-likeness (QED) is 0.448. The van der Waals surface area contributed by atoms with Gasteiger partial charge in [-0.2, -0.15) is 0 Å². The van der Waals surface area contributed by atoms with Gasteiger partial charge < -0.3 is 10.3 Å². The molecule has 0 atom stereocenters. The first-order chi connectivity index (χ1) is 14.9. The number of hydrogen-bond donors (Lipinski definition) is 2. The molecule has 0 unspecified atom stereocenters. The van der Waals surface area contributed by atoms with Crippen molar-refractivity contribution in [3.63, 3.8) is 0 Å². The number of aryl methyl sites for hydroxylation is 1. The van der Waals surface area contributed by atoms with Gasteiger partial charge in [0.25, 0.3) is 5.56 Å². The van der Waals surface area contributed by atoms with Gasteiger partial charge in [0, 0.05) is 39.8 Å². The van der Waals surface area contributed by atoms with E-state index in [1.807, 2.05) is 29.6 Å². The molecule has 0 saturated heterocycles. The second-order valence-electron chi connectivity index (χ2n) is 7.08. The normalized spacial score (nSPS) is 10.8. The van der Waals surface area contributed by atoms with Gasteiger partial charge in [0.05, 0.1) is 17.1 Å². The van der Waals surface area contributed by atoms with E-state index in [-0.39, 0.29) is 17.9 Å². The summed E-state index contributed by atoms with van der Waals surface area (Å²) in [6, 6.07) is 16.3. The number of thiazole rings is 1. The van der Waals surface area contributed by atoms with E-state index in [1.54, 1.807) is 31.2 Å². The minimum Gasteiger partial charge on any atom is -0.326 e. The maximum atomic E-state index is 12.4. The van der Waals surface area contributed by atoms with Crippen LogP contribution in [0, 0.1) is 6.92 Å². The van der Waals surface area contributed by atoms with Crippen molar-refractivity contribution in [3.05, 3.63) is 97.3 Å². The van der Waals surface area contributed by atoms with Crippen molar-refractivity contribution in [1.82, 2.24) is 15.0 Å². The highest BCUT2D eigenvalue weighted by Crippen LogP contribution is 2.20. The van der Waals surface area contributed by atoms with Crippen molar-refractivity contribution in [2.24, 2.45) is 0 Å². The number of aromatic amines is 1. The summed E-state index contributed by atoms with van der Waals surface area (Å²) in [5.74, 6) is 0.354. The van der Waals surface area contributed by atoms with E-state index in [4.69, 9.17) is 11.6 Å². The lowest BCUT2D eigenvalue weighted by molar-refractivity contribution is -0.115. The molecule has 8 heteroatoms. The maximum Gasteiger partial charge on any atom is 0.251 e. The Bertz CT molecular complexity index is 1280. The molecular formula is C23H19ClN4O2S. The summed E-state index contributed by atoms with van der Waals surface area (Å²) in [4.78, 5) is 35.6. The van der Waals surface area contributed by atoms with Crippen LogP contribution in [0.4, 0.5) is 5.69 Å². The van der Waals surface area contributed by atoms with Crippen molar-refractivity contribution in [2.75, 3.05) is 5.32 Å². The van der Waals surface area contributed by atoms with Gasteiger partial charge in [0.1, 0.15) is 5.82 Å². The number of rotatable bonds is 6. The van der Waals surface area contributed by atoms with Crippen molar-refractivity contribution in [3.8, 4) is 11.4 Å². The summed E-state index contributed by atoms with van der Waals surface area (Å²) in [6.07, 6.45) is 0.879. The molecule has 1 amide bonds. The Morgan fingerprint density at radius 3 is 2.68 bits per heavy atom. The van der Waals surface area contributed by atoms with Crippen LogP contribution >= 0.6 is 22.9 Å². The zero-order valence-corrected chi connectivity index (χ0v) is 18.3. The number of carbonyl (C=O) groups excluding carboxylic acids is 1. The van der Waals surface area contributed by atoms with E-state index in [1.165, 1.54) is 17.4 Å². The summed E-state index contributed by atoms with van der Waals surface area (Å²) in [6.45, 7) is 1.77. The minimum absolute atomic E-state index is 0.144. The van der Waals surface area contributed by atoms with Crippen LogP contribution in [0.1, 0.15) is 22.0 Å². The van der Waals surface area contributed by atoms with Crippen LogP contribution in [0.3, 0.4) is 0 Å². The first-order valence-corrected chi connectivity index (χ1v) is 10.9. The highest BCUT2D eigenvalue weighted by molar-refractivity contribution is 7.09. The van der Waals surface area contributed by atoms with Crippen LogP contribution in [0.25, 0.3) is 11.4 Å². The second kappa shape index (κ2) is 9.24. The molecule has 0 aliphatic rings. The molecule has 0 bridgehead atoms. The molecule has 0 saturated carbocycles. The molecule has 2 aromatic carbocycles. The number of nitrogens with one attached hydrogen (secondary N) is 2. The third kappa shape index (κ3) is 5.65. The third-order valence-corrected chi connectivity index (χ3v) is 5.63. The van der Waals surface area contributed by atoms with Crippen LogP contribution in [0.2, 0.25) is 5.02 Å². The number of hydrogen-bond acceptors (Lipinski definition) is 5. The molecule has 4 rings (SSSR count). The lowest BCUT2D eigenvalue weighted by Gasteiger charge is -2.06. The van der Waals surface area contributed by atoms with Gasteiger partial charge in [-0.15, -0.1) is 11.3 Å². The number of halogens is 1. The largest absolute Gasteiger partial charge is 0.326 e. The van der Waals surface area contributed by atoms with Crippen LogP contribution in [-0.4, -0.2) is 20.9 Å². The van der Waals surface area contributed by atoms with Gasteiger partial charge in [-0.25, -0.2) is 9.97 Å². The minimum atomic E-state index is -0.196. The number of benzene rings is 2. The van der Waals surface area contributed by atoms with Gasteiger partial charge in [-0.05, 0) is 48.9 Å². The number of H-pyrrole nitrogens is 1. The first kappa shape index (κ1) is 21.0. The van der Waals surface area contributed by atoms with E-state index in [2.05, 4.69) is 20.3 Å². The highest BCUT2D eigenvalue weighted by atomic mass is 35.5. The Kier molecular flexibility index (Phi) is 6.25. The molecule has 6 nitrogen and oxygen atoms in total. The number of aromatic nitrogens is 3. The van der Waals surface area contributed by atoms with Gasteiger partial charge >= 0.3 is 0 Å². The molecule has 4 aromatic rings. The van der Waals surface area contributed by atoms with E-state index >= 15 is 0 Å². The zero-order valence-electron chi connectivity index (χ0n) is 16.7. The summed E-state index contributed by atoms with van der Waals surface area (Å²) in [5, 5.41) is 6.42. The third-order valence-electron chi connectivity index (χ3n) is 4.50. The predicted molar refractivity (Wildman–Crippen MR) is 124 cm³/mol. The van der Waals surface area contributed by atoms with Gasteiger partial charge in [-0.3, -0.25) is 9.59 Å². The molecule has 0 radical (unpaired) electrons. The average Bonchev–Trinajstić information content (AvgIpc) is 3.14. The van der Waals surface area contributed by atoms with Crippen molar-refractivity contribution < 1.29 is 4.79 Å².